The first-order valence-electron chi connectivity index (χ1n) is 10.1. The molecule has 0 saturated carbocycles. The minimum Gasteiger partial charge on any atom is -0.497 e. The number of nitrogens with zero attached hydrogens (tertiary/aromatic N) is 1. The third-order valence-electron chi connectivity index (χ3n) is 5.43. The minimum atomic E-state index is -0.634. The Morgan fingerprint density at radius 1 is 1.10 bits per heavy atom. The van der Waals surface area contributed by atoms with E-state index in [0.29, 0.717) is 0 Å². The van der Waals surface area contributed by atoms with Gasteiger partial charge in [0.05, 0.1) is 19.1 Å². The lowest BCUT2D eigenvalue weighted by atomic mass is 9.63. The molecule has 2 atom stereocenters. The SMILES string of the molecule is C=CCCCCC(c1ccccc1)(c1ccc(OC)cc1)C(C#N)COC(=O)C=C. The summed E-state index contributed by atoms with van der Waals surface area (Å²) < 4.78 is 10.7. The summed E-state index contributed by atoms with van der Waals surface area (Å²) in [5.74, 6) is -0.349. The summed E-state index contributed by atoms with van der Waals surface area (Å²) in [4.78, 5) is 11.7. The van der Waals surface area contributed by atoms with Crippen LogP contribution in [0.1, 0.15) is 36.8 Å². The molecular formula is C26H29NO3. The Bertz CT molecular complexity index is 867. The maximum absolute atomic E-state index is 11.7. The molecule has 0 aliphatic rings. The van der Waals surface area contributed by atoms with E-state index in [1.807, 2.05) is 60.7 Å². The van der Waals surface area contributed by atoms with Crippen molar-refractivity contribution in [3.05, 3.63) is 91.0 Å². The molecule has 0 spiro atoms. The average Bonchev–Trinajstić information content (AvgIpc) is 2.81. The van der Waals surface area contributed by atoms with E-state index in [2.05, 4.69) is 19.2 Å². The van der Waals surface area contributed by atoms with Crippen molar-refractivity contribution in [2.45, 2.75) is 31.1 Å². The molecule has 2 rings (SSSR count). The molecule has 4 nitrogen and oxygen atoms in total. The highest BCUT2D eigenvalue weighted by Gasteiger charge is 2.42. The molecule has 0 heterocycles. The number of carbonyl (C=O) groups is 1. The van der Waals surface area contributed by atoms with Gasteiger partial charge < -0.3 is 9.47 Å². The molecule has 0 aliphatic carbocycles. The Morgan fingerprint density at radius 3 is 2.33 bits per heavy atom. The summed E-state index contributed by atoms with van der Waals surface area (Å²) in [6, 6.07) is 20.2. The minimum absolute atomic E-state index is 0.0102. The van der Waals surface area contributed by atoms with Crippen molar-refractivity contribution in [1.82, 2.24) is 0 Å². The van der Waals surface area contributed by atoms with Gasteiger partial charge in [0.1, 0.15) is 12.4 Å². The Balaban J connectivity index is 2.59. The standard InChI is InChI=1S/C26H29NO3/c1-4-6-7-11-18-26(21-12-9-8-10-13-21,22-14-16-24(29-3)17-15-22)23(19-27)20-30-25(28)5-2/h4-5,8-10,12-17,23H,1-2,6-7,11,18,20H2,3H3. The van der Waals surface area contributed by atoms with Crippen LogP contribution in [0.25, 0.3) is 0 Å². The van der Waals surface area contributed by atoms with Crippen molar-refractivity contribution in [3.8, 4) is 11.8 Å². The van der Waals surface area contributed by atoms with Gasteiger partial charge in [-0.25, -0.2) is 4.79 Å². The molecule has 0 saturated heterocycles. The quantitative estimate of drug-likeness (QED) is 0.200. The number of carbonyl (C=O) groups excluding carboxylic acids is 1. The van der Waals surface area contributed by atoms with Crippen LogP contribution in [0.3, 0.4) is 0 Å². The van der Waals surface area contributed by atoms with Gasteiger partial charge in [-0.1, -0.05) is 61.5 Å². The number of hydrogen-bond acceptors (Lipinski definition) is 4. The normalized spacial score (nSPS) is 13.3. The van der Waals surface area contributed by atoms with Crippen LogP contribution in [0.2, 0.25) is 0 Å². The van der Waals surface area contributed by atoms with Crippen LogP contribution < -0.4 is 4.74 Å². The molecule has 2 aromatic rings. The molecule has 156 valence electrons. The fourth-order valence-corrected chi connectivity index (χ4v) is 3.86. The number of hydrogen-bond donors (Lipinski definition) is 0. The zero-order chi connectivity index (χ0) is 21.8. The number of allylic oxidation sites excluding steroid dienone is 1. The predicted molar refractivity (Wildman–Crippen MR) is 119 cm³/mol. The second kappa shape index (κ2) is 11.6. The van der Waals surface area contributed by atoms with Crippen molar-refractivity contribution < 1.29 is 14.3 Å². The highest BCUT2D eigenvalue weighted by molar-refractivity contribution is 5.81. The smallest absolute Gasteiger partial charge is 0.330 e. The fraction of sp³-hybridized carbons (Fsp3) is 0.308. The van der Waals surface area contributed by atoms with Crippen LogP contribution in [0.4, 0.5) is 0 Å². The summed E-state index contributed by atoms with van der Waals surface area (Å²) in [6.45, 7) is 7.25. The van der Waals surface area contributed by atoms with Crippen molar-refractivity contribution in [3.63, 3.8) is 0 Å². The second-order valence-corrected chi connectivity index (χ2v) is 7.12. The number of esters is 1. The number of methoxy groups -OCH3 is 1. The molecule has 0 N–H and O–H groups in total. The summed E-state index contributed by atoms with van der Waals surface area (Å²) in [5, 5.41) is 10.2. The van der Waals surface area contributed by atoms with Crippen molar-refractivity contribution in [2.75, 3.05) is 13.7 Å². The zero-order valence-electron chi connectivity index (χ0n) is 17.5. The summed E-state index contributed by atoms with van der Waals surface area (Å²) in [5.41, 5.74) is 1.38. The lowest BCUT2D eigenvalue weighted by Gasteiger charge is -2.39. The molecule has 0 bridgehead atoms. The lowest BCUT2D eigenvalue weighted by Crippen LogP contribution is -2.39. The molecule has 30 heavy (non-hydrogen) atoms. The average molecular weight is 404 g/mol. The Labute approximate surface area is 179 Å². The summed E-state index contributed by atoms with van der Waals surface area (Å²) in [7, 11) is 1.63. The highest BCUT2D eigenvalue weighted by Crippen LogP contribution is 2.44. The molecule has 0 aromatic heterocycles. The molecule has 0 amide bonds. The topological polar surface area (TPSA) is 59.3 Å². The van der Waals surface area contributed by atoms with Gasteiger partial charge >= 0.3 is 5.97 Å². The van der Waals surface area contributed by atoms with Crippen LogP contribution in [0.5, 0.6) is 5.75 Å². The van der Waals surface area contributed by atoms with Gasteiger partial charge in [0.25, 0.3) is 0 Å². The summed E-state index contributed by atoms with van der Waals surface area (Å²) in [6.07, 6.45) is 6.55. The molecule has 4 heteroatoms. The van der Waals surface area contributed by atoms with Crippen LogP contribution >= 0.6 is 0 Å². The van der Waals surface area contributed by atoms with E-state index in [9.17, 15) is 10.1 Å². The molecular weight excluding hydrogens is 374 g/mol. The van der Waals surface area contributed by atoms with Gasteiger partial charge in [0.15, 0.2) is 0 Å². The van der Waals surface area contributed by atoms with E-state index in [-0.39, 0.29) is 6.61 Å². The monoisotopic (exact) mass is 403 g/mol. The lowest BCUT2D eigenvalue weighted by molar-refractivity contribution is -0.139. The number of rotatable bonds is 12. The Hall–Kier alpha value is -3.32. The Kier molecular flexibility index (Phi) is 8.90. The van der Waals surface area contributed by atoms with Gasteiger partial charge in [-0.05, 0) is 42.5 Å². The zero-order valence-corrected chi connectivity index (χ0v) is 17.5. The second-order valence-electron chi connectivity index (χ2n) is 7.12. The van der Waals surface area contributed by atoms with E-state index in [1.165, 1.54) is 0 Å². The van der Waals surface area contributed by atoms with E-state index in [4.69, 9.17) is 9.47 Å². The maximum atomic E-state index is 11.7. The van der Waals surface area contributed by atoms with Gasteiger partial charge in [-0.2, -0.15) is 5.26 Å². The van der Waals surface area contributed by atoms with E-state index >= 15 is 0 Å². The number of ether oxygens (including phenoxy) is 2. The van der Waals surface area contributed by atoms with Crippen LogP contribution in [-0.4, -0.2) is 19.7 Å². The summed E-state index contributed by atoms with van der Waals surface area (Å²) >= 11 is 0. The fourth-order valence-electron chi connectivity index (χ4n) is 3.86. The van der Waals surface area contributed by atoms with Gasteiger partial charge in [0.2, 0.25) is 0 Å². The number of nitriles is 1. The first-order valence-corrected chi connectivity index (χ1v) is 10.1. The third kappa shape index (κ3) is 5.39. The molecule has 0 aliphatic heterocycles. The van der Waals surface area contributed by atoms with Gasteiger partial charge in [0, 0.05) is 11.5 Å². The van der Waals surface area contributed by atoms with E-state index in [0.717, 1.165) is 48.6 Å². The van der Waals surface area contributed by atoms with Crippen LogP contribution in [0, 0.1) is 17.2 Å². The highest BCUT2D eigenvalue weighted by atomic mass is 16.5. The van der Waals surface area contributed by atoms with Crippen molar-refractivity contribution in [2.24, 2.45) is 5.92 Å². The first-order chi connectivity index (χ1) is 14.6. The molecule has 0 radical (unpaired) electrons. The largest absolute Gasteiger partial charge is 0.497 e. The van der Waals surface area contributed by atoms with Crippen molar-refractivity contribution in [1.29, 1.82) is 5.26 Å². The first kappa shape index (κ1) is 23.0. The van der Waals surface area contributed by atoms with Crippen molar-refractivity contribution >= 4 is 5.97 Å². The number of benzene rings is 2. The Morgan fingerprint density at radius 2 is 1.77 bits per heavy atom. The molecule has 2 unspecified atom stereocenters. The van der Waals surface area contributed by atoms with Gasteiger partial charge in [-0.3, -0.25) is 0 Å². The third-order valence-corrected chi connectivity index (χ3v) is 5.43. The molecule has 2 aromatic carbocycles. The van der Waals surface area contributed by atoms with Gasteiger partial charge in [-0.15, -0.1) is 6.58 Å². The van der Waals surface area contributed by atoms with E-state index < -0.39 is 17.3 Å². The maximum Gasteiger partial charge on any atom is 0.330 e. The molecule has 0 fully saturated rings. The number of unbranched alkanes of at least 4 members (excludes halogenated alkanes) is 2. The van der Waals surface area contributed by atoms with Crippen LogP contribution in [-0.2, 0) is 14.9 Å². The van der Waals surface area contributed by atoms with Crippen LogP contribution in [0.15, 0.2) is 79.9 Å². The predicted octanol–water partition coefficient (Wildman–Crippen LogP) is 5.60. The van der Waals surface area contributed by atoms with E-state index in [1.54, 1.807) is 7.11 Å².